The van der Waals surface area contributed by atoms with Crippen molar-refractivity contribution in [2.24, 2.45) is 0 Å². The number of halogens is 1. The quantitative estimate of drug-likeness (QED) is 0.780. The maximum absolute atomic E-state index is 4.32. The van der Waals surface area contributed by atoms with Gasteiger partial charge in [-0.15, -0.1) is 0 Å². The lowest BCUT2D eigenvalue weighted by Crippen LogP contribution is -2.42. The summed E-state index contributed by atoms with van der Waals surface area (Å²) in [5, 5.41) is 0. The van der Waals surface area contributed by atoms with Crippen LogP contribution in [0.4, 0.5) is 0 Å². The summed E-state index contributed by atoms with van der Waals surface area (Å²) in [4.78, 5) is 12.0. The highest BCUT2D eigenvalue weighted by Crippen LogP contribution is 2.38. The van der Waals surface area contributed by atoms with Crippen LogP contribution < -0.4 is 0 Å². The molecule has 0 aliphatic carbocycles. The summed E-state index contributed by atoms with van der Waals surface area (Å²) in [7, 11) is 0. The Bertz CT molecular complexity index is 343. The Kier molecular flexibility index (Phi) is 2.94. The normalized spacial score (nSPS) is 34.2. The third-order valence-corrected chi connectivity index (χ3v) is 4.52. The Hall–Kier alpha value is -0.480. The number of fused-ring (bicyclic) bond motifs is 2. The summed E-state index contributed by atoms with van der Waals surface area (Å²) in [6.45, 7) is 0.926. The summed E-state index contributed by atoms with van der Waals surface area (Å²) in [5.41, 5.74) is 0. The Morgan fingerprint density at radius 1 is 1.19 bits per heavy atom. The van der Waals surface area contributed by atoms with Gasteiger partial charge < -0.3 is 0 Å². The third kappa shape index (κ3) is 2.00. The minimum absolute atomic E-state index is 0.720. The molecule has 3 rings (SSSR count). The van der Waals surface area contributed by atoms with Gasteiger partial charge in [-0.3, -0.25) is 4.90 Å². The van der Waals surface area contributed by atoms with Crippen LogP contribution in [-0.2, 0) is 6.54 Å². The van der Waals surface area contributed by atoms with Crippen molar-refractivity contribution >= 4 is 15.9 Å². The highest BCUT2D eigenvalue weighted by molar-refractivity contribution is 9.09. The molecule has 3 heterocycles. The zero-order chi connectivity index (χ0) is 11.0. The zero-order valence-electron chi connectivity index (χ0n) is 9.22. The van der Waals surface area contributed by atoms with Crippen LogP contribution in [0.5, 0.6) is 0 Å². The van der Waals surface area contributed by atoms with E-state index in [0.717, 1.165) is 29.3 Å². The summed E-state index contributed by atoms with van der Waals surface area (Å²) < 4.78 is 0. The predicted molar refractivity (Wildman–Crippen MR) is 66.3 cm³/mol. The lowest BCUT2D eigenvalue weighted by Gasteiger charge is -2.36. The second kappa shape index (κ2) is 4.41. The van der Waals surface area contributed by atoms with E-state index in [-0.39, 0.29) is 0 Å². The molecule has 1 aromatic heterocycles. The molecule has 4 heteroatoms. The van der Waals surface area contributed by atoms with E-state index in [1.807, 2.05) is 18.5 Å². The average molecular weight is 282 g/mol. The van der Waals surface area contributed by atoms with Gasteiger partial charge in [0.25, 0.3) is 0 Å². The van der Waals surface area contributed by atoms with Crippen LogP contribution in [0.3, 0.4) is 0 Å². The van der Waals surface area contributed by atoms with Gasteiger partial charge in [0.1, 0.15) is 5.82 Å². The van der Waals surface area contributed by atoms with Gasteiger partial charge in [0.15, 0.2) is 0 Å². The van der Waals surface area contributed by atoms with Gasteiger partial charge in [-0.1, -0.05) is 15.9 Å². The number of nitrogens with zero attached hydrogens (tertiary/aromatic N) is 3. The SMILES string of the molecule is BrC1CC2CCC(C1)N2Cc1ncccn1. The molecule has 2 fully saturated rings. The number of piperidine rings is 1. The number of rotatable bonds is 2. The molecule has 2 bridgehead atoms. The minimum atomic E-state index is 0.720. The van der Waals surface area contributed by atoms with Gasteiger partial charge in [-0.2, -0.15) is 0 Å². The van der Waals surface area contributed by atoms with Crippen molar-refractivity contribution in [3.8, 4) is 0 Å². The number of alkyl halides is 1. The summed E-state index contributed by atoms with van der Waals surface area (Å²) in [6.07, 6.45) is 8.93. The van der Waals surface area contributed by atoms with Crippen LogP contribution >= 0.6 is 15.9 Å². The highest BCUT2D eigenvalue weighted by Gasteiger charge is 2.39. The molecule has 0 spiro atoms. The van der Waals surface area contributed by atoms with Gasteiger partial charge in [0.2, 0.25) is 0 Å². The highest BCUT2D eigenvalue weighted by atomic mass is 79.9. The first-order chi connectivity index (χ1) is 7.83. The largest absolute Gasteiger partial charge is 0.290 e. The van der Waals surface area contributed by atoms with Gasteiger partial charge in [0, 0.05) is 29.3 Å². The maximum atomic E-state index is 4.32. The molecular formula is C12H16BrN3. The van der Waals surface area contributed by atoms with Crippen molar-refractivity contribution < 1.29 is 0 Å². The first-order valence-electron chi connectivity index (χ1n) is 5.98. The van der Waals surface area contributed by atoms with E-state index < -0.39 is 0 Å². The molecule has 0 N–H and O–H groups in total. The maximum Gasteiger partial charge on any atom is 0.142 e. The van der Waals surface area contributed by atoms with Gasteiger partial charge >= 0.3 is 0 Å². The van der Waals surface area contributed by atoms with E-state index >= 15 is 0 Å². The molecule has 2 saturated heterocycles. The molecule has 2 aliphatic heterocycles. The average Bonchev–Trinajstić information content (AvgIpc) is 2.54. The van der Waals surface area contributed by atoms with Crippen molar-refractivity contribution in [2.75, 3.05) is 0 Å². The second-order valence-electron chi connectivity index (χ2n) is 4.79. The molecule has 0 aromatic carbocycles. The first kappa shape index (κ1) is 10.7. The van der Waals surface area contributed by atoms with Crippen molar-refractivity contribution in [3.05, 3.63) is 24.3 Å². The molecule has 86 valence electrons. The predicted octanol–water partition coefficient (Wildman–Crippen LogP) is 2.37. The molecular weight excluding hydrogens is 266 g/mol. The van der Waals surface area contributed by atoms with E-state index in [1.165, 1.54) is 25.7 Å². The Morgan fingerprint density at radius 2 is 1.81 bits per heavy atom. The first-order valence-corrected chi connectivity index (χ1v) is 6.90. The molecule has 0 saturated carbocycles. The van der Waals surface area contributed by atoms with Crippen molar-refractivity contribution in [3.63, 3.8) is 0 Å². The van der Waals surface area contributed by atoms with E-state index in [4.69, 9.17) is 0 Å². The van der Waals surface area contributed by atoms with Gasteiger partial charge in [0.05, 0.1) is 6.54 Å². The molecule has 0 amide bonds. The molecule has 2 unspecified atom stereocenters. The molecule has 0 radical (unpaired) electrons. The van der Waals surface area contributed by atoms with Crippen LogP contribution in [0, 0.1) is 0 Å². The van der Waals surface area contributed by atoms with Crippen LogP contribution in [0.1, 0.15) is 31.5 Å². The Labute approximate surface area is 104 Å². The summed E-state index contributed by atoms with van der Waals surface area (Å²) in [6, 6.07) is 3.36. The molecule has 2 aliphatic rings. The third-order valence-electron chi connectivity index (χ3n) is 3.77. The molecule has 2 atom stereocenters. The van der Waals surface area contributed by atoms with E-state index in [9.17, 15) is 0 Å². The van der Waals surface area contributed by atoms with Crippen LogP contribution in [-0.4, -0.2) is 31.8 Å². The molecule has 3 nitrogen and oxygen atoms in total. The van der Waals surface area contributed by atoms with Gasteiger partial charge in [-0.05, 0) is 31.7 Å². The monoisotopic (exact) mass is 281 g/mol. The fraction of sp³-hybridized carbons (Fsp3) is 0.667. The topological polar surface area (TPSA) is 29.0 Å². The van der Waals surface area contributed by atoms with E-state index in [0.29, 0.717) is 0 Å². The van der Waals surface area contributed by atoms with E-state index in [2.05, 4.69) is 30.8 Å². The van der Waals surface area contributed by atoms with Crippen molar-refractivity contribution in [2.45, 2.75) is 49.1 Å². The number of hydrogen-bond donors (Lipinski definition) is 0. The van der Waals surface area contributed by atoms with Gasteiger partial charge in [-0.25, -0.2) is 9.97 Å². The smallest absolute Gasteiger partial charge is 0.142 e. The van der Waals surface area contributed by atoms with Crippen molar-refractivity contribution in [1.82, 2.24) is 14.9 Å². The number of aromatic nitrogens is 2. The van der Waals surface area contributed by atoms with Crippen LogP contribution in [0.15, 0.2) is 18.5 Å². The van der Waals surface area contributed by atoms with Crippen LogP contribution in [0.2, 0.25) is 0 Å². The fourth-order valence-electron chi connectivity index (χ4n) is 3.04. The van der Waals surface area contributed by atoms with Crippen molar-refractivity contribution in [1.29, 1.82) is 0 Å². The second-order valence-corrected chi connectivity index (χ2v) is 6.09. The minimum Gasteiger partial charge on any atom is -0.290 e. The Morgan fingerprint density at radius 3 is 2.44 bits per heavy atom. The molecule has 1 aromatic rings. The van der Waals surface area contributed by atoms with Crippen LogP contribution in [0.25, 0.3) is 0 Å². The number of hydrogen-bond acceptors (Lipinski definition) is 3. The Balaban J connectivity index is 1.72. The lowest BCUT2D eigenvalue weighted by molar-refractivity contribution is 0.133. The van der Waals surface area contributed by atoms with E-state index in [1.54, 1.807) is 0 Å². The molecule has 16 heavy (non-hydrogen) atoms. The zero-order valence-corrected chi connectivity index (χ0v) is 10.8. The standard InChI is InChI=1S/C12H16BrN3/c13-9-6-10-2-3-11(7-9)16(10)8-12-14-4-1-5-15-12/h1,4-5,9-11H,2-3,6-8H2. The summed E-state index contributed by atoms with van der Waals surface area (Å²) >= 11 is 3.76. The fourth-order valence-corrected chi connectivity index (χ4v) is 3.90. The summed E-state index contributed by atoms with van der Waals surface area (Å²) in [5.74, 6) is 0.965. The lowest BCUT2D eigenvalue weighted by atomic mass is 10.0.